The van der Waals surface area contributed by atoms with Crippen molar-refractivity contribution in [3.8, 4) is 5.75 Å². The van der Waals surface area contributed by atoms with Crippen LogP contribution in [0.25, 0.3) is 0 Å². The molecule has 1 aromatic carbocycles. The number of benzene rings is 1. The molecule has 1 heterocycles. The number of pyridine rings is 1. The predicted octanol–water partition coefficient (Wildman–Crippen LogP) is 3.15. The summed E-state index contributed by atoms with van der Waals surface area (Å²) < 4.78 is 31.9. The van der Waals surface area contributed by atoms with Gasteiger partial charge in [0, 0.05) is 32.9 Å². The Bertz CT molecular complexity index is 786. The van der Waals surface area contributed by atoms with Crippen LogP contribution >= 0.6 is 0 Å². The average molecular weight is 378 g/mol. The molecule has 26 heavy (non-hydrogen) atoms. The van der Waals surface area contributed by atoms with Gasteiger partial charge in [-0.2, -0.15) is 4.31 Å². The first-order valence-corrected chi connectivity index (χ1v) is 10.2. The SMILES string of the molecule is CCOc1ccc(CN(C)c2ccc(S(=O)(=O)N(CC)CC)cn2)cc1. The fourth-order valence-electron chi connectivity index (χ4n) is 2.68. The Morgan fingerprint density at radius 3 is 2.15 bits per heavy atom. The fraction of sp³-hybridized carbons (Fsp3) is 0.421. The van der Waals surface area contributed by atoms with Gasteiger partial charge < -0.3 is 9.64 Å². The molecule has 7 heteroatoms. The van der Waals surface area contributed by atoms with Gasteiger partial charge in [0.2, 0.25) is 10.0 Å². The molecule has 6 nitrogen and oxygen atoms in total. The Kier molecular flexibility index (Phi) is 6.99. The van der Waals surface area contributed by atoms with Crippen molar-refractivity contribution < 1.29 is 13.2 Å². The molecule has 0 atom stereocenters. The van der Waals surface area contributed by atoms with E-state index < -0.39 is 10.0 Å². The van der Waals surface area contributed by atoms with Crippen LogP contribution in [0.3, 0.4) is 0 Å². The fourth-order valence-corrected chi connectivity index (χ4v) is 4.08. The van der Waals surface area contributed by atoms with Crippen molar-refractivity contribution in [1.29, 1.82) is 0 Å². The second kappa shape index (κ2) is 9.00. The van der Waals surface area contributed by atoms with E-state index in [-0.39, 0.29) is 4.90 Å². The van der Waals surface area contributed by atoms with Crippen molar-refractivity contribution in [2.75, 3.05) is 31.6 Å². The zero-order valence-corrected chi connectivity index (χ0v) is 16.7. The molecule has 0 aliphatic heterocycles. The van der Waals surface area contributed by atoms with E-state index in [1.165, 1.54) is 10.5 Å². The highest BCUT2D eigenvalue weighted by Crippen LogP contribution is 2.19. The van der Waals surface area contributed by atoms with E-state index in [2.05, 4.69) is 4.98 Å². The highest BCUT2D eigenvalue weighted by Gasteiger charge is 2.22. The molecule has 0 saturated carbocycles. The molecule has 0 fully saturated rings. The normalized spacial score (nSPS) is 11.6. The summed E-state index contributed by atoms with van der Waals surface area (Å²) >= 11 is 0. The number of aromatic nitrogens is 1. The van der Waals surface area contributed by atoms with Gasteiger partial charge in [0.1, 0.15) is 16.5 Å². The van der Waals surface area contributed by atoms with E-state index in [4.69, 9.17) is 4.74 Å². The van der Waals surface area contributed by atoms with Crippen LogP contribution in [0.1, 0.15) is 26.3 Å². The van der Waals surface area contributed by atoms with Crippen LogP contribution in [-0.2, 0) is 16.6 Å². The number of sulfonamides is 1. The Labute approximate surface area is 156 Å². The van der Waals surface area contributed by atoms with Gasteiger partial charge in [-0.15, -0.1) is 0 Å². The van der Waals surface area contributed by atoms with Gasteiger partial charge in [-0.25, -0.2) is 13.4 Å². The molecule has 0 unspecified atom stereocenters. The van der Waals surface area contributed by atoms with Crippen molar-refractivity contribution in [2.24, 2.45) is 0 Å². The van der Waals surface area contributed by atoms with Crippen LogP contribution < -0.4 is 9.64 Å². The number of ether oxygens (including phenoxy) is 1. The maximum atomic E-state index is 12.5. The maximum absolute atomic E-state index is 12.5. The number of hydrogen-bond donors (Lipinski definition) is 0. The van der Waals surface area contributed by atoms with Crippen LogP contribution in [-0.4, -0.2) is 44.5 Å². The number of anilines is 1. The molecule has 142 valence electrons. The van der Waals surface area contributed by atoms with E-state index in [1.807, 2.05) is 57.0 Å². The summed E-state index contributed by atoms with van der Waals surface area (Å²) in [4.78, 5) is 6.53. The third kappa shape index (κ3) is 4.74. The molecule has 0 bridgehead atoms. The summed E-state index contributed by atoms with van der Waals surface area (Å²) in [7, 11) is -1.55. The van der Waals surface area contributed by atoms with Crippen LogP contribution in [0, 0.1) is 0 Å². The van der Waals surface area contributed by atoms with Gasteiger partial charge in [-0.3, -0.25) is 0 Å². The molecule has 0 spiro atoms. The Hall–Kier alpha value is -2.12. The summed E-state index contributed by atoms with van der Waals surface area (Å²) in [6, 6.07) is 11.3. The quantitative estimate of drug-likeness (QED) is 0.672. The second-order valence-electron chi connectivity index (χ2n) is 5.87. The van der Waals surface area contributed by atoms with Gasteiger partial charge >= 0.3 is 0 Å². The lowest BCUT2D eigenvalue weighted by molar-refractivity contribution is 0.340. The van der Waals surface area contributed by atoms with Gasteiger partial charge in [0.25, 0.3) is 0 Å². The average Bonchev–Trinajstić information content (AvgIpc) is 2.64. The molecule has 2 rings (SSSR count). The van der Waals surface area contributed by atoms with Crippen molar-refractivity contribution >= 4 is 15.8 Å². The summed E-state index contributed by atoms with van der Waals surface area (Å²) in [5.74, 6) is 1.57. The molecule has 2 aromatic rings. The summed E-state index contributed by atoms with van der Waals surface area (Å²) in [6.45, 7) is 7.81. The van der Waals surface area contributed by atoms with E-state index in [0.29, 0.717) is 26.2 Å². The van der Waals surface area contributed by atoms with E-state index >= 15 is 0 Å². The lowest BCUT2D eigenvalue weighted by Gasteiger charge is -2.20. The molecular weight excluding hydrogens is 350 g/mol. The summed E-state index contributed by atoms with van der Waals surface area (Å²) in [6.07, 6.45) is 1.43. The van der Waals surface area contributed by atoms with E-state index in [9.17, 15) is 8.42 Å². The maximum Gasteiger partial charge on any atom is 0.244 e. The highest BCUT2D eigenvalue weighted by atomic mass is 32.2. The molecule has 0 N–H and O–H groups in total. The molecule has 0 aliphatic rings. The number of hydrogen-bond acceptors (Lipinski definition) is 5. The molecule has 0 aliphatic carbocycles. The highest BCUT2D eigenvalue weighted by molar-refractivity contribution is 7.89. The predicted molar refractivity (Wildman–Crippen MR) is 104 cm³/mol. The molecule has 1 aromatic heterocycles. The molecule has 0 saturated heterocycles. The van der Waals surface area contributed by atoms with Crippen molar-refractivity contribution in [2.45, 2.75) is 32.2 Å². The number of rotatable bonds is 9. The van der Waals surface area contributed by atoms with Gasteiger partial charge in [-0.05, 0) is 36.8 Å². The Morgan fingerprint density at radius 1 is 1.00 bits per heavy atom. The monoisotopic (exact) mass is 377 g/mol. The minimum Gasteiger partial charge on any atom is -0.494 e. The summed E-state index contributed by atoms with van der Waals surface area (Å²) in [5.41, 5.74) is 1.12. The van der Waals surface area contributed by atoms with Gasteiger partial charge in [0.15, 0.2) is 0 Å². The van der Waals surface area contributed by atoms with E-state index in [0.717, 1.165) is 17.1 Å². The van der Waals surface area contributed by atoms with Gasteiger partial charge in [-0.1, -0.05) is 26.0 Å². The standard InChI is InChI=1S/C19H27N3O3S/c1-5-22(6-2)26(23,24)18-12-13-19(20-14-18)21(4)15-16-8-10-17(11-9-16)25-7-3/h8-14H,5-7,15H2,1-4H3. The van der Waals surface area contributed by atoms with Crippen LogP contribution in [0.4, 0.5) is 5.82 Å². The zero-order valence-electron chi connectivity index (χ0n) is 15.8. The first kappa shape index (κ1) is 20.2. The Balaban J connectivity index is 2.09. The van der Waals surface area contributed by atoms with Gasteiger partial charge in [0.05, 0.1) is 6.61 Å². The van der Waals surface area contributed by atoms with Crippen LogP contribution in [0.2, 0.25) is 0 Å². The minimum atomic E-state index is -3.47. The second-order valence-corrected chi connectivity index (χ2v) is 7.81. The first-order valence-electron chi connectivity index (χ1n) is 8.81. The third-order valence-electron chi connectivity index (χ3n) is 4.11. The molecule has 0 radical (unpaired) electrons. The van der Waals surface area contributed by atoms with Crippen molar-refractivity contribution in [3.63, 3.8) is 0 Å². The lowest BCUT2D eigenvalue weighted by Crippen LogP contribution is -2.30. The first-order chi connectivity index (χ1) is 12.4. The minimum absolute atomic E-state index is 0.222. The topological polar surface area (TPSA) is 62.7 Å². The van der Waals surface area contributed by atoms with E-state index in [1.54, 1.807) is 12.1 Å². The third-order valence-corrected chi connectivity index (χ3v) is 6.14. The van der Waals surface area contributed by atoms with Crippen LogP contribution in [0.5, 0.6) is 5.75 Å². The smallest absolute Gasteiger partial charge is 0.244 e. The van der Waals surface area contributed by atoms with Crippen molar-refractivity contribution in [1.82, 2.24) is 9.29 Å². The Morgan fingerprint density at radius 2 is 1.65 bits per heavy atom. The molecule has 0 amide bonds. The zero-order chi connectivity index (χ0) is 19.2. The van der Waals surface area contributed by atoms with Crippen molar-refractivity contribution in [3.05, 3.63) is 48.2 Å². The summed E-state index contributed by atoms with van der Waals surface area (Å²) in [5, 5.41) is 0. The lowest BCUT2D eigenvalue weighted by atomic mass is 10.2. The molecular formula is C19H27N3O3S. The largest absolute Gasteiger partial charge is 0.494 e. The van der Waals surface area contributed by atoms with Crippen LogP contribution in [0.15, 0.2) is 47.5 Å². The number of nitrogens with zero attached hydrogens (tertiary/aromatic N) is 3.